The lowest BCUT2D eigenvalue weighted by Crippen LogP contribution is -2.38. The number of nitrogens with zero attached hydrogens (tertiary/aromatic N) is 3. The van der Waals surface area contributed by atoms with Crippen LogP contribution < -0.4 is 10.2 Å². The molecule has 1 aliphatic rings. The molecule has 2 aromatic carbocycles. The zero-order chi connectivity index (χ0) is 21.1. The van der Waals surface area contributed by atoms with Gasteiger partial charge in [-0.3, -0.25) is 4.79 Å². The summed E-state index contributed by atoms with van der Waals surface area (Å²) in [7, 11) is 0. The van der Waals surface area contributed by atoms with Crippen molar-refractivity contribution in [2.45, 2.75) is 26.7 Å². The van der Waals surface area contributed by atoms with E-state index in [1.807, 2.05) is 37.3 Å². The van der Waals surface area contributed by atoms with E-state index >= 15 is 0 Å². The first-order valence-electron chi connectivity index (χ1n) is 10.2. The highest BCUT2D eigenvalue weighted by Gasteiger charge is 2.26. The van der Waals surface area contributed by atoms with E-state index in [1.165, 1.54) is 5.56 Å². The van der Waals surface area contributed by atoms with E-state index in [-0.39, 0.29) is 11.8 Å². The number of hydrogen-bond donors (Lipinski definition) is 1. The highest BCUT2D eigenvalue weighted by atomic mass is 79.9. The summed E-state index contributed by atoms with van der Waals surface area (Å²) in [5.41, 5.74) is 5.19. The molecule has 0 aliphatic carbocycles. The minimum absolute atomic E-state index is 0.0169. The van der Waals surface area contributed by atoms with Gasteiger partial charge in [-0.15, -0.1) is 0 Å². The molecule has 6 heteroatoms. The van der Waals surface area contributed by atoms with Crippen LogP contribution in [0.15, 0.2) is 59.3 Å². The normalized spacial score (nSPS) is 14.6. The Morgan fingerprint density at radius 3 is 2.60 bits per heavy atom. The molecule has 30 heavy (non-hydrogen) atoms. The SMILES string of the molecule is Cc1cccc(-c2cc(N3CCC(C(=O)Nc4ccc(Br)c(C)c4)CC3)ncn2)c1. The minimum atomic E-state index is 0.0169. The molecule has 4 rings (SSSR count). The van der Waals surface area contributed by atoms with Crippen molar-refractivity contribution < 1.29 is 4.79 Å². The van der Waals surface area contributed by atoms with E-state index in [9.17, 15) is 4.79 Å². The third-order valence-electron chi connectivity index (χ3n) is 5.58. The molecule has 0 saturated carbocycles. The van der Waals surface area contributed by atoms with E-state index in [4.69, 9.17) is 0 Å². The number of hydrogen-bond acceptors (Lipinski definition) is 4. The van der Waals surface area contributed by atoms with Gasteiger partial charge >= 0.3 is 0 Å². The Balaban J connectivity index is 1.39. The van der Waals surface area contributed by atoms with Crippen LogP contribution in [0.5, 0.6) is 0 Å². The zero-order valence-electron chi connectivity index (χ0n) is 17.2. The van der Waals surface area contributed by atoms with Crippen molar-refractivity contribution in [3.05, 3.63) is 70.5 Å². The Morgan fingerprint density at radius 2 is 1.87 bits per heavy atom. The molecule has 0 spiro atoms. The molecule has 154 valence electrons. The highest BCUT2D eigenvalue weighted by Crippen LogP contribution is 2.27. The Bertz CT molecular complexity index is 1060. The van der Waals surface area contributed by atoms with Gasteiger partial charge < -0.3 is 10.2 Å². The van der Waals surface area contributed by atoms with E-state index < -0.39 is 0 Å². The number of nitrogens with one attached hydrogen (secondary N) is 1. The van der Waals surface area contributed by atoms with Gasteiger partial charge in [-0.2, -0.15) is 0 Å². The zero-order valence-corrected chi connectivity index (χ0v) is 18.8. The maximum atomic E-state index is 12.7. The predicted octanol–water partition coefficient (Wildman–Crippen LogP) is 5.38. The summed E-state index contributed by atoms with van der Waals surface area (Å²) in [6.07, 6.45) is 3.25. The highest BCUT2D eigenvalue weighted by molar-refractivity contribution is 9.10. The molecule has 1 aromatic heterocycles. The Labute approximate surface area is 185 Å². The molecule has 0 bridgehead atoms. The fourth-order valence-corrected chi connectivity index (χ4v) is 4.07. The monoisotopic (exact) mass is 464 g/mol. The van der Waals surface area contributed by atoms with Crippen molar-refractivity contribution in [1.82, 2.24) is 9.97 Å². The minimum Gasteiger partial charge on any atom is -0.356 e. The summed E-state index contributed by atoms with van der Waals surface area (Å²) in [5, 5.41) is 3.07. The molecule has 3 aromatic rings. The first kappa shape index (κ1) is 20.5. The number of aromatic nitrogens is 2. The number of amides is 1. The summed E-state index contributed by atoms with van der Waals surface area (Å²) in [6, 6.07) is 16.3. The molecule has 0 atom stereocenters. The number of rotatable bonds is 4. The Hall–Kier alpha value is -2.73. The topological polar surface area (TPSA) is 58.1 Å². The molecule has 1 aliphatic heterocycles. The molecule has 1 saturated heterocycles. The summed E-state index contributed by atoms with van der Waals surface area (Å²) in [6.45, 7) is 5.71. The predicted molar refractivity (Wildman–Crippen MR) is 125 cm³/mol. The van der Waals surface area contributed by atoms with Gasteiger partial charge in [0.1, 0.15) is 12.1 Å². The van der Waals surface area contributed by atoms with E-state index in [2.05, 4.69) is 61.2 Å². The van der Waals surface area contributed by atoms with E-state index in [1.54, 1.807) is 6.33 Å². The van der Waals surface area contributed by atoms with Crippen molar-refractivity contribution in [2.75, 3.05) is 23.3 Å². The van der Waals surface area contributed by atoms with Gasteiger partial charge in [-0.05, 0) is 56.5 Å². The molecule has 2 heterocycles. The fraction of sp³-hybridized carbons (Fsp3) is 0.292. The smallest absolute Gasteiger partial charge is 0.227 e. The molecule has 5 nitrogen and oxygen atoms in total. The molecule has 1 N–H and O–H groups in total. The van der Waals surface area contributed by atoms with Crippen LogP contribution in [0.25, 0.3) is 11.3 Å². The average Bonchev–Trinajstić information content (AvgIpc) is 2.76. The maximum absolute atomic E-state index is 12.7. The van der Waals surface area contributed by atoms with E-state index in [0.29, 0.717) is 0 Å². The summed E-state index contributed by atoms with van der Waals surface area (Å²) < 4.78 is 1.05. The molecule has 1 amide bonds. The average molecular weight is 465 g/mol. The number of anilines is 2. The van der Waals surface area contributed by atoms with Crippen LogP contribution in [-0.4, -0.2) is 29.0 Å². The van der Waals surface area contributed by atoms with Crippen LogP contribution in [0.3, 0.4) is 0 Å². The first-order chi connectivity index (χ1) is 14.5. The standard InChI is InChI=1S/C24H25BrN4O/c1-16-4-3-5-19(12-16)22-14-23(27-15-26-22)29-10-8-18(9-11-29)24(30)28-20-6-7-21(25)17(2)13-20/h3-7,12-15,18H,8-11H2,1-2H3,(H,28,30). The van der Waals surface area contributed by atoms with Crippen molar-refractivity contribution in [3.8, 4) is 11.3 Å². The second kappa shape index (κ2) is 8.96. The lowest BCUT2D eigenvalue weighted by atomic mass is 9.95. The summed E-state index contributed by atoms with van der Waals surface area (Å²) >= 11 is 3.50. The number of benzene rings is 2. The molecular formula is C24H25BrN4O. The third kappa shape index (κ3) is 4.70. The fourth-order valence-electron chi connectivity index (χ4n) is 3.82. The van der Waals surface area contributed by atoms with Crippen LogP contribution in [0.4, 0.5) is 11.5 Å². The lowest BCUT2D eigenvalue weighted by Gasteiger charge is -2.32. The quantitative estimate of drug-likeness (QED) is 0.562. The van der Waals surface area contributed by atoms with Gasteiger partial charge in [0.15, 0.2) is 0 Å². The molecule has 0 radical (unpaired) electrons. The van der Waals surface area contributed by atoms with Gasteiger partial charge in [0, 0.05) is 40.8 Å². The van der Waals surface area contributed by atoms with Crippen LogP contribution in [0, 0.1) is 19.8 Å². The van der Waals surface area contributed by atoms with Crippen LogP contribution in [-0.2, 0) is 4.79 Å². The van der Waals surface area contributed by atoms with Crippen LogP contribution in [0.1, 0.15) is 24.0 Å². The van der Waals surface area contributed by atoms with Gasteiger partial charge in [0.25, 0.3) is 0 Å². The lowest BCUT2D eigenvalue weighted by molar-refractivity contribution is -0.120. The number of halogens is 1. The van der Waals surface area contributed by atoms with Gasteiger partial charge in [-0.25, -0.2) is 9.97 Å². The second-order valence-corrected chi connectivity index (χ2v) is 8.70. The van der Waals surface area contributed by atoms with E-state index in [0.717, 1.165) is 58.7 Å². The molecule has 0 unspecified atom stereocenters. The molecular weight excluding hydrogens is 440 g/mol. The van der Waals surface area contributed by atoms with Crippen molar-refractivity contribution in [2.24, 2.45) is 5.92 Å². The van der Waals surface area contributed by atoms with Gasteiger partial charge in [0.05, 0.1) is 5.69 Å². The van der Waals surface area contributed by atoms with Crippen molar-refractivity contribution in [1.29, 1.82) is 0 Å². The van der Waals surface area contributed by atoms with Gasteiger partial charge in [-0.1, -0.05) is 39.7 Å². The van der Waals surface area contributed by atoms with Crippen LogP contribution >= 0.6 is 15.9 Å². The van der Waals surface area contributed by atoms with Gasteiger partial charge in [0.2, 0.25) is 5.91 Å². The Kier molecular flexibility index (Phi) is 6.13. The Morgan fingerprint density at radius 1 is 1.07 bits per heavy atom. The second-order valence-electron chi connectivity index (χ2n) is 7.85. The largest absolute Gasteiger partial charge is 0.356 e. The number of carbonyl (C=O) groups is 1. The van der Waals surface area contributed by atoms with Crippen LogP contribution in [0.2, 0.25) is 0 Å². The number of aryl methyl sites for hydroxylation is 2. The summed E-state index contributed by atoms with van der Waals surface area (Å²) in [5.74, 6) is 1.03. The number of piperidine rings is 1. The third-order valence-corrected chi connectivity index (χ3v) is 6.47. The number of carbonyl (C=O) groups excluding carboxylic acids is 1. The molecule has 1 fully saturated rings. The van der Waals surface area contributed by atoms with Crippen molar-refractivity contribution in [3.63, 3.8) is 0 Å². The summed E-state index contributed by atoms with van der Waals surface area (Å²) in [4.78, 5) is 23.9. The van der Waals surface area contributed by atoms with Crippen molar-refractivity contribution >= 4 is 33.3 Å². The first-order valence-corrected chi connectivity index (χ1v) is 11.0. The maximum Gasteiger partial charge on any atom is 0.227 e.